The molecule has 5 heteroatoms. The highest BCUT2D eigenvalue weighted by Crippen LogP contribution is 2.45. The first-order chi connectivity index (χ1) is 15.3. The summed E-state index contributed by atoms with van der Waals surface area (Å²) in [5.41, 5.74) is 4.20. The van der Waals surface area contributed by atoms with Crippen LogP contribution in [0.3, 0.4) is 0 Å². The highest BCUT2D eigenvalue weighted by atomic mass is 35.5. The summed E-state index contributed by atoms with van der Waals surface area (Å²) < 4.78 is 0. The Bertz CT molecular complexity index is 1160. The molecule has 1 aliphatic heterocycles. The third-order valence-corrected chi connectivity index (χ3v) is 6.89. The van der Waals surface area contributed by atoms with E-state index in [1.54, 1.807) is 12.1 Å². The predicted molar refractivity (Wildman–Crippen MR) is 130 cm³/mol. The first-order valence-corrected chi connectivity index (χ1v) is 11.4. The van der Waals surface area contributed by atoms with Crippen molar-refractivity contribution in [1.82, 2.24) is 4.90 Å². The summed E-state index contributed by atoms with van der Waals surface area (Å²) in [6, 6.07) is 20.1. The SMILES string of the molecule is Cc1ccc(C(=O)[C@@H]2[C@H](C(=O)c3ccc(C)cc3)CN(C)[C@H]2c2ccc(Cl)cc2Cl)cc1. The largest absolute Gasteiger partial charge is 0.298 e. The van der Waals surface area contributed by atoms with Gasteiger partial charge < -0.3 is 0 Å². The Morgan fingerprint density at radius 2 is 1.34 bits per heavy atom. The number of likely N-dealkylation sites (tertiary alicyclic amines) is 1. The van der Waals surface area contributed by atoms with Gasteiger partial charge in [-0.05, 0) is 38.6 Å². The van der Waals surface area contributed by atoms with Gasteiger partial charge in [0.2, 0.25) is 0 Å². The van der Waals surface area contributed by atoms with Crippen LogP contribution in [0.5, 0.6) is 0 Å². The fourth-order valence-electron chi connectivity index (χ4n) is 4.62. The average Bonchev–Trinajstić information content (AvgIpc) is 3.10. The summed E-state index contributed by atoms with van der Waals surface area (Å²) in [6.45, 7) is 4.44. The molecule has 32 heavy (non-hydrogen) atoms. The highest BCUT2D eigenvalue weighted by molar-refractivity contribution is 6.35. The van der Waals surface area contributed by atoms with E-state index in [1.165, 1.54) is 0 Å². The normalized spacial score (nSPS) is 21.0. The lowest BCUT2D eigenvalue weighted by molar-refractivity contribution is 0.0785. The maximum atomic E-state index is 13.8. The molecule has 0 aromatic heterocycles. The molecule has 3 aromatic rings. The summed E-state index contributed by atoms with van der Waals surface area (Å²) in [4.78, 5) is 29.5. The minimum absolute atomic E-state index is 0.0186. The lowest BCUT2D eigenvalue weighted by atomic mass is 9.78. The van der Waals surface area contributed by atoms with E-state index in [1.807, 2.05) is 75.5 Å². The van der Waals surface area contributed by atoms with Crippen molar-refractivity contribution in [3.63, 3.8) is 0 Å². The number of aryl methyl sites for hydroxylation is 2. The zero-order valence-corrected chi connectivity index (χ0v) is 19.8. The van der Waals surface area contributed by atoms with E-state index in [0.29, 0.717) is 27.7 Å². The number of carbonyl (C=O) groups is 2. The van der Waals surface area contributed by atoms with Gasteiger partial charge in [0.25, 0.3) is 0 Å². The Balaban J connectivity index is 1.80. The van der Waals surface area contributed by atoms with Gasteiger partial charge in [0, 0.05) is 39.7 Å². The molecule has 0 spiro atoms. The van der Waals surface area contributed by atoms with Gasteiger partial charge in [0.15, 0.2) is 11.6 Å². The average molecular weight is 466 g/mol. The third-order valence-electron chi connectivity index (χ3n) is 6.33. The first kappa shape index (κ1) is 22.7. The Labute approximate surface area is 199 Å². The van der Waals surface area contributed by atoms with Crippen molar-refractivity contribution >= 4 is 34.8 Å². The number of hydrogen-bond acceptors (Lipinski definition) is 3. The molecule has 4 rings (SSSR count). The summed E-state index contributed by atoms with van der Waals surface area (Å²) >= 11 is 12.7. The summed E-state index contributed by atoms with van der Waals surface area (Å²) in [6.07, 6.45) is 0. The van der Waals surface area contributed by atoms with E-state index >= 15 is 0 Å². The molecule has 1 fully saturated rings. The molecule has 0 bridgehead atoms. The quantitative estimate of drug-likeness (QED) is 0.398. The minimum Gasteiger partial charge on any atom is -0.298 e. The molecular formula is C27H25Cl2NO2. The van der Waals surface area contributed by atoms with Crippen LogP contribution in [0.15, 0.2) is 66.7 Å². The molecule has 1 heterocycles. The number of hydrogen-bond donors (Lipinski definition) is 0. The second kappa shape index (κ2) is 9.19. The Hall–Kier alpha value is -2.46. The molecule has 0 saturated carbocycles. The number of nitrogens with zero attached hydrogens (tertiary/aromatic N) is 1. The second-order valence-electron chi connectivity index (χ2n) is 8.64. The smallest absolute Gasteiger partial charge is 0.168 e. The molecule has 0 aliphatic carbocycles. The van der Waals surface area contributed by atoms with Crippen molar-refractivity contribution in [2.24, 2.45) is 11.8 Å². The van der Waals surface area contributed by atoms with Gasteiger partial charge in [-0.2, -0.15) is 0 Å². The molecule has 3 nitrogen and oxygen atoms in total. The van der Waals surface area contributed by atoms with Crippen LogP contribution < -0.4 is 0 Å². The van der Waals surface area contributed by atoms with Crippen LogP contribution in [0.4, 0.5) is 0 Å². The van der Waals surface area contributed by atoms with Crippen LogP contribution in [-0.4, -0.2) is 30.1 Å². The lowest BCUT2D eigenvalue weighted by Crippen LogP contribution is -2.31. The van der Waals surface area contributed by atoms with Crippen molar-refractivity contribution in [3.05, 3.63) is 105 Å². The van der Waals surface area contributed by atoms with E-state index < -0.39 is 11.8 Å². The number of Topliss-reactive ketones (excluding diaryl/α,β-unsaturated/α-hetero) is 2. The first-order valence-electron chi connectivity index (χ1n) is 10.6. The molecule has 0 amide bonds. The molecular weight excluding hydrogens is 441 g/mol. The predicted octanol–water partition coefficient (Wildman–Crippen LogP) is 6.59. The molecule has 0 unspecified atom stereocenters. The fourth-order valence-corrected chi connectivity index (χ4v) is 5.14. The Morgan fingerprint density at radius 3 is 1.88 bits per heavy atom. The van der Waals surface area contributed by atoms with Crippen molar-refractivity contribution in [3.8, 4) is 0 Å². The summed E-state index contributed by atoms with van der Waals surface area (Å²) in [5.74, 6) is -1.10. The minimum atomic E-state index is -0.560. The highest BCUT2D eigenvalue weighted by Gasteiger charge is 2.48. The second-order valence-corrected chi connectivity index (χ2v) is 9.49. The molecule has 164 valence electrons. The maximum absolute atomic E-state index is 13.8. The molecule has 0 radical (unpaired) electrons. The zero-order chi connectivity index (χ0) is 23.0. The van der Waals surface area contributed by atoms with Crippen LogP contribution in [0.2, 0.25) is 10.0 Å². The molecule has 3 atom stereocenters. The van der Waals surface area contributed by atoms with Gasteiger partial charge >= 0.3 is 0 Å². The lowest BCUT2D eigenvalue weighted by Gasteiger charge is -2.27. The van der Waals surface area contributed by atoms with Crippen molar-refractivity contribution in [1.29, 1.82) is 0 Å². The standard InChI is InChI=1S/C27H25Cl2NO2/c1-16-4-8-18(9-5-16)26(31)22-15-30(3)25(21-13-12-20(28)14-23(21)29)24(22)27(32)19-10-6-17(2)7-11-19/h4-14,22,24-25H,15H2,1-3H3/t22-,24-,25+/m1/s1. The third kappa shape index (κ3) is 4.38. The molecule has 0 N–H and O–H groups in total. The number of halogens is 2. The topological polar surface area (TPSA) is 37.4 Å². The monoisotopic (exact) mass is 465 g/mol. The van der Waals surface area contributed by atoms with Crippen LogP contribution in [0, 0.1) is 25.7 Å². The zero-order valence-electron chi connectivity index (χ0n) is 18.3. The van der Waals surface area contributed by atoms with E-state index in [0.717, 1.165) is 16.7 Å². The Kier molecular flexibility index (Phi) is 6.52. The number of benzene rings is 3. The van der Waals surface area contributed by atoms with Gasteiger partial charge in [0.05, 0.1) is 5.92 Å². The van der Waals surface area contributed by atoms with Crippen LogP contribution >= 0.6 is 23.2 Å². The van der Waals surface area contributed by atoms with Crippen LogP contribution in [-0.2, 0) is 0 Å². The summed E-state index contributed by atoms with van der Waals surface area (Å²) in [5, 5.41) is 1.03. The fraction of sp³-hybridized carbons (Fsp3) is 0.259. The summed E-state index contributed by atoms with van der Waals surface area (Å²) in [7, 11) is 1.94. The van der Waals surface area contributed by atoms with E-state index in [4.69, 9.17) is 23.2 Å². The van der Waals surface area contributed by atoms with Gasteiger partial charge in [-0.1, -0.05) is 88.9 Å². The number of rotatable bonds is 5. The van der Waals surface area contributed by atoms with Crippen molar-refractivity contribution < 1.29 is 9.59 Å². The number of ketones is 2. The van der Waals surface area contributed by atoms with Gasteiger partial charge in [-0.15, -0.1) is 0 Å². The molecule has 1 saturated heterocycles. The van der Waals surface area contributed by atoms with Crippen LogP contribution in [0.1, 0.15) is 43.4 Å². The van der Waals surface area contributed by atoms with Gasteiger partial charge in [-0.25, -0.2) is 0 Å². The number of carbonyl (C=O) groups excluding carboxylic acids is 2. The van der Waals surface area contributed by atoms with Crippen molar-refractivity contribution in [2.45, 2.75) is 19.9 Å². The maximum Gasteiger partial charge on any atom is 0.168 e. The van der Waals surface area contributed by atoms with E-state index in [2.05, 4.69) is 4.90 Å². The van der Waals surface area contributed by atoms with E-state index in [9.17, 15) is 9.59 Å². The van der Waals surface area contributed by atoms with Crippen molar-refractivity contribution in [2.75, 3.05) is 13.6 Å². The van der Waals surface area contributed by atoms with Crippen LogP contribution in [0.25, 0.3) is 0 Å². The molecule has 1 aliphatic rings. The van der Waals surface area contributed by atoms with Gasteiger partial charge in [-0.3, -0.25) is 14.5 Å². The molecule has 3 aromatic carbocycles. The van der Waals surface area contributed by atoms with Gasteiger partial charge in [0.1, 0.15) is 0 Å². The Morgan fingerprint density at radius 1 is 0.812 bits per heavy atom. The van der Waals surface area contributed by atoms with E-state index in [-0.39, 0.29) is 17.6 Å².